The van der Waals surface area contributed by atoms with Crippen LogP contribution in [-0.4, -0.2) is 39.8 Å². The van der Waals surface area contributed by atoms with Gasteiger partial charge in [-0.25, -0.2) is 0 Å². The number of nitro groups is 1. The van der Waals surface area contributed by atoms with Gasteiger partial charge < -0.3 is 10.2 Å². The normalized spacial score (nSPS) is 17.1. The van der Waals surface area contributed by atoms with Crippen molar-refractivity contribution in [3.63, 3.8) is 0 Å². The van der Waals surface area contributed by atoms with E-state index in [0.717, 1.165) is 0 Å². The molecule has 35 heavy (non-hydrogen) atoms. The molecule has 1 aliphatic rings. The second kappa shape index (κ2) is 9.92. The Morgan fingerprint density at radius 3 is 2.40 bits per heavy atom. The third-order valence-electron chi connectivity index (χ3n) is 5.87. The van der Waals surface area contributed by atoms with Gasteiger partial charge in [0.05, 0.1) is 10.6 Å². The number of hydrogen-bond donors (Lipinski definition) is 3. The SMILES string of the molecule is CC1(C)C=C(CS(=O)(=O)O)c2cc(N=Nc3ccc([N+](=O)[O-])cc3)c(O)cc2C1CCCC(=O)O. The molecule has 11 nitrogen and oxygen atoms in total. The average Bonchev–Trinajstić information content (AvgIpc) is 2.73. The van der Waals surface area contributed by atoms with E-state index in [1.807, 2.05) is 13.8 Å². The van der Waals surface area contributed by atoms with Crippen molar-refractivity contribution in [2.75, 3.05) is 5.75 Å². The standard InChI is InChI=1S/C23H25N3O8S/c1-23(2)12-14(13-35(32,33)34)17-10-20(25-24-15-6-8-16(9-7-15)26(30)31)21(27)11-18(17)19(23)4-3-5-22(28)29/h6-12,19,27H,3-5,13H2,1-2H3,(H,28,29)(H,32,33,34). The first-order valence-corrected chi connectivity index (χ1v) is 12.3. The maximum absolute atomic E-state index is 11.7. The predicted octanol–water partition coefficient (Wildman–Crippen LogP) is 5.37. The van der Waals surface area contributed by atoms with Gasteiger partial charge in [0.2, 0.25) is 0 Å². The molecule has 0 aromatic heterocycles. The summed E-state index contributed by atoms with van der Waals surface area (Å²) in [5, 5.41) is 38.5. The van der Waals surface area contributed by atoms with Crippen LogP contribution in [0.3, 0.4) is 0 Å². The molecule has 12 heteroatoms. The van der Waals surface area contributed by atoms with E-state index in [-0.39, 0.29) is 29.5 Å². The molecule has 0 fully saturated rings. The molecule has 1 aliphatic carbocycles. The van der Waals surface area contributed by atoms with Crippen LogP contribution < -0.4 is 0 Å². The number of aromatic hydroxyl groups is 1. The maximum atomic E-state index is 11.7. The van der Waals surface area contributed by atoms with E-state index in [4.69, 9.17) is 5.11 Å². The summed E-state index contributed by atoms with van der Waals surface area (Å²) in [6.07, 6.45) is 2.57. The Kier molecular flexibility index (Phi) is 7.36. The fourth-order valence-electron chi connectivity index (χ4n) is 4.32. The molecule has 1 unspecified atom stereocenters. The number of phenolic OH excluding ortho intramolecular Hbond substituents is 1. The van der Waals surface area contributed by atoms with E-state index >= 15 is 0 Å². The number of nitro benzene ring substituents is 1. The van der Waals surface area contributed by atoms with Crippen LogP contribution in [0.5, 0.6) is 5.75 Å². The van der Waals surface area contributed by atoms with Crippen LogP contribution in [0.15, 0.2) is 52.7 Å². The minimum Gasteiger partial charge on any atom is -0.506 e. The molecule has 3 rings (SSSR count). The molecule has 0 saturated carbocycles. The van der Waals surface area contributed by atoms with Crippen molar-refractivity contribution in [1.29, 1.82) is 0 Å². The van der Waals surface area contributed by atoms with Gasteiger partial charge >= 0.3 is 5.97 Å². The lowest BCUT2D eigenvalue weighted by atomic mass is 9.66. The second-order valence-corrected chi connectivity index (χ2v) is 10.4. The van der Waals surface area contributed by atoms with Crippen molar-refractivity contribution in [2.24, 2.45) is 15.6 Å². The summed E-state index contributed by atoms with van der Waals surface area (Å²) in [6, 6.07) is 8.23. The number of non-ortho nitro benzene ring substituents is 1. The number of carboxylic acids is 1. The van der Waals surface area contributed by atoms with Crippen LogP contribution >= 0.6 is 0 Å². The Bertz CT molecular complexity index is 1320. The Balaban J connectivity index is 2.04. The molecular weight excluding hydrogens is 478 g/mol. The Hall–Kier alpha value is -3.64. The van der Waals surface area contributed by atoms with Crippen molar-refractivity contribution in [2.45, 2.75) is 39.0 Å². The van der Waals surface area contributed by atoms with Crippen LogP contribution in [0.1, 0.15) is 50.2 Å². The Morgan fingerprint density at radius 2 is 1.83 bits per heavy atom. The van der Waals surface area contributed by atoms with Gasteiger partial charge in [-0.3, -0.25) is 19.5 Å². The number of phenols is 1. The van der Waals surface area contributed by atoms with Gasteiger partial charge in [-0.15, -0.1) is 5.11 Å². The largest absolute Gasteiger partial charge is 0.506 e. The second-order valence-electron chi connectivity index (χ2n) is 8.96. The number of allylic oxidation sites excluding steroid dienone is 1. The maximum Gasteiger partial charge on any atom is 0.303 e. The molecule has 0 spiro atoms. The summed E-state index contributed by atoms with van der Waals surface area (Å²) < 4.78 is 32.9. The number of carbonyl (C=O) groups is 1. The van der Waals surface area contributed by atoms with Gasteiger partial charge in [0.15, 0.2) is 0 Å². The first-order chi connectivity index (χ1) is 16.3. The monoisotopic (exact) mass is 503 g/mol. The highest BCUT2D eigenvalue weighted by atomic mass is 32.2. The summed E-state index contributed by atoms with van der Waals surface area (Å²) in [6.45, 7) is 3.76. The molecule has 0 radical (unpaired) electrons. The highest BCUT2D eigenvalue weighted by Crippen LogP contribution is 2.51. The number of hydrogen-bond acceptors (Lipinski definition) is 8. The lowest BCUT2D eigenvalue weighted by molar-refractivity contribution is -0.384. The van der Waals surface area contributed by atoms with E-state index in [9.17, 15) is 33.0 Å². The van der Waals surface area contributed by atoms with Gasteiger partial charge in [-0.1, -0.05) is 19.9 Å². The highest BCUT2D eigenvalue weighted by molar-refractivity contribution is 7.86. The van der Waals surface area contributed by atoms with Crippen molar-refractivity contribution in [1.82, 2.24) is 0 Å². The number of nitrogens with zero attached hydrogens (tertiary/aromatic N) is 3. The summed E-state index contributed by atoms with van der Waals surface area (Å²) >= 11 is 0. The number of fused-ring (bicyclic) bond motifs is 1. The van der Waals surface area contributed by atoms with Crippen LogP contribution in [0, 0.1) is 15.5 Å². The molecule has 0 bridgehead atoms. The fraction of sp³-hybridized carbons (Fsp3) is 0.348. The van der Waals surface area contributed by atoms with E-state index < -0.39 is 32.2 Å². The molecule has 3 N–H and O–H groups in total. The number of azo groups is 1. The van der Waals surface area contributed by atoms with Crippen molar-refractivity contribution in [3.8, 4) is 5.75 Å². The quantitative estimate of drug-likeness (QED) is 0.177. The number of carboxylic acid groups (broad SMARTS) is 1. The topological polar surface area (TPSA) is 180 Å². The van der Waals surface area contributed by atoms with Gasteiger partial charge in [0.1, 0.15) is 17.2 Å². The van der Waals surface area contributed by atoms with Gasteiger partial charge in [0.25, 0.3) is 15.8 Å². The third-order valence-corrected chi connectivity index (χ3v) is 6.54. The minimum atomic E-state index is -4.37. The van der Waals surface area contributed by atoms with E-state index in [1.165, 1.54) is 36.4 Å². The Morgan fingerprint density at radius 1 is 1.17 bits per heavy atom. The van der Waals surface area contributed by atoms with Gasteiger partial charge in [-0.2, -0.15) is 13.5 Å². The van der Waals surface area contributed by atoms with Gasteiger partial charge in [0, 0.05) is 18.6 Å². The zero-order valence-electron chi connectivity index (χ0n) is 19.1. The average molecular weight is 504 g/mol. The molecule has 2 aromatic carbocycles. The Labute approximate surface area is 201 Å². The van der Waals surface area contributed by atoms with E-state index in [2.05, 4.69) is 10.2 Å². The van der Waals surface area contributed by atoms with Gasteiger partial charge in [-0.05, 0) is 65.1 Å². The zero-order chi connectivity index (χ0) is 26.0. The third kappa shape index (κ3) is 6.49. The van der Waals surface area contributed by atoms with E-state index in [1.54, 1.807) is 6.08 Å². The summed E-state index contributed by atoms with van der Waals surface area (Å²) in [4.78, 5) is 21.2. The molecular formula is C23H25N3O8S. The van der Waals surface area contributed by atoms with Crippen LogP contribution in [-0.2, 0) is 14.9 Å². The lowest BCUT2D eigenvalue weighted by Gasteiger charge is -2.39. The molecule has 1 atom stereocenters. The minimum absolute atomic E-state index is 0.0307. The van der Waals surface area contributed by atoms with Crippen LogP contribution in [0.4, 0.5) is 17.1 Å². The van der Waals surface area contributed by atoms with Crippen molar-refractivity contribution in [3.05, 3.63) is 63.7 Å². The first kappa shape index (κ1) is 26.0. The molecule has 0 amide bonds. The van der Waals surface area contributed by atoms with Crippen LogP contribution in [0.2, 0.25) is 0 Å². The molecule has 0 heterocycles. The van der Waals surface area contributed by atoms with Crippen molar-refractivity contribution < 1.29 is 32.9 Å². The highest BCUT2D eigenvalue weighted by Gasteiger charge is 2.37. The molecule has 186 valence electrons. The van der Waals surface area contributed by atoms with Crippen LogP contribution in [0.25, 0.3) is 5.57 Å². The molecule has 2 aromatic rings. The number of benzene rings is 2. The fourth-order valence-corrected chi connectivity index (χ4v) is 4.95. The summed E-state index contributed by atoms with van der Waals surface area (Å²) in [5.74, 6) is -2.02. The first-order valence-electron chi connectivity index (χ1n) is 10.7. The summed E-state index contributed by atoms with van der Waals surface area (Å²) in [5.41, 5.74) is 1.04. The predicted molar refractivity (Wildman–Crippen MR) is 128 cm³/mol. The number of aliphatic carboxylic acids is 1. The zero-order valence-corrected chi connectivity index (χ0v) is 19.9. The number of rotatable bonds is 9. The molecule has 0 aliphatic heterocycles. The smallest absolute Gasteiger partial charge is 0.303 e. The summed E-state index contributed by atoms with van der Waals surface area (Å²) in [7, 11) is -4.37. The van der Waals surface area contributed by atoms with Crippen molar-refractivity contribution >= 4 is 38.7 Å². The lowest BCUT2D eigenvalue weighted by Crippen LogP contribution is -2.27. The molecule has 0 saturated heterocycles. The van der Waals surface area contributed by atoms with E-state index in [0.29, 0.717) is 35.2 Å².